The minimum atomic E-state index is -1.05. The van der Waals surface area contributed by atoms with Crippen LogP contribution in [0.5, 0.6) is 0 Å². The van der Waals surface area contributed by atoms with Crippen LogP contribution in [0.2, 0.25) is 0 Å². The Morgan fingerprint density at radius 1 is 1.40 bits per heavy atom. The quantitative estimate of drug-likeness (QED) is 0.631. The van der Waals surface area contributed by atoms with Gasteiger partial charge in [0.15, 0.2) is 0 Å². The van der Waals surface area contributed by atoms with E-state index >= 15 is 0 Å². The minimum absolute atomic E-state index is 0.140. The van der Waals surface area contributed by atoms with E-state index < -0.39 is 12.0 Å². The molecular weight excluding hydrogens is 196 g/mol. The summed E-state index contributed by atoms with van der Waals surface area (Å²) < 4.78 is 0. The van der Waals surface area contributed by atoms with E-state index in [-0.39, 0.29) is 23.8 Å². The molecule has 5 nitrogen and oxygen atoms in total. The SMILES string of the molecule is C[C@@H](NC(=O)CC(N)C(C)(C)C)C(=O)O. The van der Waals surface area contributed by atoms with Crippen LogP contribution < -0.4 is 11.1 Å². The molecule has 0 spiro atoms. The Morgan fingerprint density at radius 3 is 2.20 bits per heavy atom. The van der Waals surface area contributed by atoms with Crippen molar-refractivity contribution in [1.82, 2.24) is 5.32 Å². The first kappa shape index (κ1) is 13.9. The molecule has 2 atom stereocenters. The van der Waals surface area contributed by atoms with Crippen LogP contribution >= 0.6 is 0 Å². The third-order valence-electron chi connectivity index (χ3n) is 2.27. The van der Waals surface area contributed by atoms with Gasteiger partial charge < -0.3 is 16.2 Å². The molecule has 1 unspecified atom stereocenters. The van der Waals surface area contributed by atoms with Crippen molar-refractivity contribution in [2.45, 2.75) is 46.2 Å². The molecule has 0 aromatic heterocycles. The Labute approximate surface area is 90.0 Å². The van der Waals surface area contributed by atoms with E-state index in [9.17, 15) is 9.59 Å². The molecule has 0 fully saturated rings. The van der Waals surface area contributed by atoms with Gasteiger partial charge in [-0.3, -0.25) is 9.59 Å². The van der Waals surface area contributed by atoms with Crippen LogP contribution in [-0.4, -0.2) is 29.1 Å². The molecule has 0 aliphatic rings. The predicted octanol–water partition coefficient (Wildman–Crippen LogP) is 0.339. The number of carbonyl (C=O) groups excluding carboxylic acids is 1. The van der Waals surface area contributed by atoms with Gasteiger partial charge in [0.1, 0.15) is 6.04 Å². The van der Waals surface area contributed by atoms with Crippen molar-refractivity contribution in [1.29, 1.82) is 0 Å². The van der Waals surface area contributed by atoms with Crippen molar-refractivity contribution in [3.63, 3.8) is 0 Å². The molecule has 0 aromatic rings. The monoisotopic (exact) mass is 216 g/mol. The van der Waals surface area contributed by atoms with Crippen molar-refractivity contribution < 1.29 is 14.7 Å². The zero-order valence-electron chi connectivity index (χ0n) is 9.70. The predicted molar refractivity (Wildman–Crippen MR) is 57.3 cm³/mol. The summed E-state index contributed by atoms with van der Waals surface area (Å²) >= 11 is 0. The van der Waals surface area contributed by atoms with Gasteiger partial charge in [0.2, 0.25) is 5.91 Å². The highest BCUT2D eigenvalue weighted by Gasteiger charge is 2.24. The van der Waals surface area contributed by atoms with Gasteiger partial charge in [-0.15, -0.1) is 0 Å². The lowest BCUT2D eigenvalue weighted by Gasteiger charge is -2.26. The van der Waals surface area contributed by atoms with E-state index in [4.69, 9.17) is 10.8 Å². The largest absolute Gasteiger partial charge is 0.480 e. The van der Waals surface area contributed by atoms with Crippen molar-refractivity contribution in [2.75, 3.05) is 0 Å². The summed E-state index contributed by atoms with van der Waals surface area (Å²) in [5, 5.41) is 10.9. The highest BCUT2D eigenvalue weighted by molar-refractivity contribution is 5.83. The van der Waals surface area contributed by atoms with Gasteiger partial charge in [-0.2, -0.15) is 0 Å². The summed E-state index contributed by atoms with van der Waals surface area (Å²) in [7, 11) is 0. The van der Waals surface area contributed by atoms with E-state index in [1.165, 1.54) is 6.92 Å². The highest BCUT2D eigenvalue weighted by Crippen LogP contribution is 2.19. The van der Waals surface area contributed by atoms with Crippen LogP contribution in [0.15, 0.2) is 0 Å². The number of hydrogen-bond donors (Lipinski definition) is 3. The van der Waals surface area contributed by atoms with Gasteiger partial charge in [0, 0.05) is 12.5 Å². The first-order chi connectivity index (χ1) is 6.64. The molecule has 0 radical (unpaired) electrons. The summed E-state index contributed by atoms with van der Waals surface area (Å²) in [6.07, 6.45) is 0.140. The van der Waals surface area contributed by atoms with Crippen molar-refractivity contribution >= 4 is 11.9 Å². The van der Waals surface area contributed by atoms with E-state index in [1.807, 2.05) is 20.8 Å². The molecule has 88 valence electrons. The van der Waals surface area contributed by atoms with Gasteiger partial charge in [-0.05, 0) is 12.3 Å². The first-order valence-electron chi connectivity index (χ1n) is 4.92. The van der Waals surface area contributed by atoms with Crippen LogP contribution in [0, 0.1) is 5.41 Å². The van der Waals surface area contributed by atoms with E-state index in [1.54, 1.807) is 0 Å². The van der Waals surface area contributed by atoms with E-state index in [0.29, 0.717) is 0 Å². The van der Waals surface area contributed by atoms with Gasteiger partial charge >= 0.3 is 5.97 Å². The van der Waals surface area contributed by atoms with Gasteiger partial charge in [0.25, 0.3) is 0 Å². The zero-order valence-corrected chi connectivity index (χ0v) is 9.70. The lowest BCUT2D eigenvalue weighted by atomic mass is 9.85. The van der Waals surface area contributed by atoms with Crippen LogP contribution in [0.3, 0.4) is 0 Å². The van der Waals surface area contributed by atoms with Crippen molar-refractivity contribution in [3.05, 3.63) is 0 Å². The third kappa shape index (κ3) is 5.37. The molecule has 0 saturated heterocycles. The second kappa shape index (κ2) is 5.11. The number of amides is 1. The van der Waals surface area contributed by atoms with Gasteiger partial charge in [0.05, 0.1) is 0 Å². The number of rotatable bonds is 4. The maximum Gasteiger partial charge on any atom is 0.325 e. The second-order valence-electron chi connectivity index (χ2n) is 4.80. The lowest BCUT2D eigenvalue weighted by Crippen LogP contribution is -2.44. The number of nitrogens with one attached hydrogen (secondary N) is 1. The van der Waals surface area contributed by atoms with Crippen molar-refractivity contribution in [2.24, 2.45) is 11.1 Å². The zero-order chi connectivity index (χ0) is 12.2. The maximum absolute atomic E-state index is 11.4. The van der Waals surface area contributed by atoms with Crippen molar-refractivity contribution in [3.8, 4) is 0 Å². The molecule has 0 heterocycles. The Kier molecular flexibility index (Phi) is 4.74. The van der Waals surface area contributed by atoms with Crippen LogP contribution in [0.25, 0.3) is 0 Å². The molecule has 5 heteroatoms. The van der Waals surface area contributed by atoms with Crippen LogP contribution in [0.1, 0.15) is 34.1 Å². The topological polar surface area (TPSA) is 92.4 Å². The third-order valence-corrected chi connectivity index (χ3v) is 2.27. The summed E-state index contributed by atoms with van der Waals surface area (Å²) in [6, 6.07) is -1.15. The summed E-state index contributed by atoms with van der Waals surface area (Å²) in [6.45, 7) is 7.23. The average molecular weight is 216 g/mol. The number of aliphatic carboxylic acids is 1. The smallest absolute Gasteiger partial charge is 0.325 e. The standard InChI is InChI=1S/C10H20N2O3/c1-6(9(14)15)12-8(13)5-7(11)10(2,3)4/h6-7H,5,11H2,1-4H3,(H,12,13)(H,14,15)/t6-,7?/m1/s1. The molecule has 0 aliphatic carbocycles. The van der Waals surface area contributed by atoms with Gasteiger partial charge in [-0.1, -0.05) is 20.8 Å². The minimum Gasteiger partial charge on any atom is -0.480 e. The second-order valence-corrected chi connectivity index (χ2v) is 4.80. The highest BCUT2D eigenvalue weighted by atomic mass is 16.4. The summed E-state index contributed by atoms with van der Waals surface area (Å²) in [4.78, 5) is 21.8. The fourth-order valence-electron chi connectivity index (χ4n) is 0.868. The number of carboxylic acids is 1. The maximum atomic E-state index is 11.4. The van der Waals surface area contributed by atoms with Crippen LogP contribution in [0.4, 0.5) is 0 Å². The summed E-state index contributed by atoms with van der Waals surface area (Å²) in [5.74, 6) is -1.37. The molecule has 15 heavy (non-hydrogen) atoms. The molecule has 0 aromatic carbocycles. The fraction of sp³-hybridized carbons (Fsp3) is 0.800. The number of carbonyl (C=O) groups is 2. The van der Waals surface area contributed by atoms with E-state index in [2.05, 4.69) is 5.32 Å². The first-order valence-corrected chi connectivity index (χ1v) is 4.92. The number of hydrogen-bond acceptors (Lipinski definition) is 3. The lowest BCUT2D eigenvalue weighted by molar-refractivity contribution is -0.141. The molecule has 0 saturated carbocycles. The molecule has 0 rings (SSSR count). The Morgan fingerprint density at radius 2 is 1.87 bits per heavy atom. The Hall–Kier alpha value is -1.10. The molecular formula is C10H20N2O3. The normalized spacial score (nSPS) is 15.5. The van der Waals surface area contributed by atoms with Crippen LogP contribution in [-0.2, 0) is 9.59 Å². The Balaban J connectivity index is 4.11. The number of nitrogens with two attached hydrogens (primary N) is 1. The fourth-order valence-corrected chi connectivity index (χ4v) is 0.868. The Bertz CT molecular complexity index is 246. The van der Waals surface area contributed by atoms with E-state index in [0.717, 1.165) is 0 Å². The number of carboxylic acid groups (broad SMARTS) is 1. The van der Waals surface area contributed by atoms with Gasteiger partial charge in [-0.25, -0.2) is 0 Å². The average Bonchev–Trinajstić information content (AvgIpc) is 2.01. The molecule has 0 bridgehead atoms. The molecule has 1 amide bonds. The summed E-state index contributed by atoms with van der Waals surface area (Å²) in [5.41, 5.74) is 5.63. The molecule has 4 N–H and O–H groups in total. The molecule has 0 aliphatic heterocycles.